The zero-order valence-electron chi connectivity index (χ0n) is 14.3. The predicted molar refractivity (Wildman–Crippen MR) is 88.3 cm³/mol. The van der Waals surface area contributed by atoms with Crippen molar-refractivity contribution in [3.05, 3.63) is 18.2 Å². The van der Waals surface area contributed by atoms with Crippen LogP contribution in [0.3, 0.4) is 0 Å². The number of aromatic nitrogens is 2. The van der Waals surface area contributed by atoms with Gasteiger partial charge < -0.3 is 30.8 Å². The molecule has 3 heterocycles. The first-order chi connectivity index (χ1) is 12.5. The van der Waals surface area contributed by atoms with Gasteiger partial charge in [0, 0.05) is 37.7 Å². The average molecular weight is 365 g/mol. The summed E-state index contributed by atoms with van der Waals surface area (Å²) in [7, 11) is 0. The van der Waals surface area contributed by atoms with E-state index in [4.69, 9.17) is 10.5 Å². The number of aliphatic hydroxyl groups is 1. The largest absolute Gasteiger partial charge is 0.452 e. The Balaban J connectivity index is 1.73. The molecule has 0 spiro atoms. The Hall–Kier alpha value is -2.46. The van der Waals surface area contributed by atoms with Crippen LogP contribution in [0.1, 0.15) is 31.4 Å². The molecule has 0 saturated carbocycles. The van der Waals surface area contributed by atoms with E-state index in [1.807, 2.05) is 0 Å². The highest BCUT2D eigenvalue weighted by molar-refractivity contribution is 5.91. The first-order valence-corrected chi connectivity index (χ1v) is 8.67. The molecule has 0 bridgehead atoms. The van der Waals surface area contributed by atoms with Crippen LogP contribution in [0.25, 0.3) is 0 Å². The van der Waals surface area contributed by atoms with Gasteiger partial charge in [-0.2, -0.15) is 0 Å². The second-order valence-corrected chi connectivity index (χ2v) is 6.59. The zero-order chi connectivity index (χ0) is 18.7. The molecule has 2 aliphatic rings. The number of cyclic esters (lactones) is 1. The van der Waals surface area contributed by atoms with Crippen LogP contribution in [0, 0.1) is 0 Å². The summed E-state index contributed by atoms with van der Waals surface area (Å²) in [4.78, 5) is 45.0. The van der Waals surface area contributed by atoms with Crippen LogP contribution in [-0.2, 0) is 25.5 Å². The quantitative estimate of drug-likeness (QED) is 0.350. The van der Waals surface area contributed by atoms with E-state index in [1.165, 1.54) is 11.2 Å². The van der Waals surface area contributed by atoms with E-state index >= 15 is 0 Å². The van der Waals surface area contributed by atoms with Crippen molar-refractivity contribution in [1.82, 2.24) is 20.2 Å². The normalized spacial score (nSPS) is 25.0. The number of rotatable bonds is 6. The number of amides is 2. The van der Waals surface area contributed by atoms with Gasteiger partial charge in [-0.3, -0.25) is 14.4 Å². The minimum absolute atomic E-state index is 0.185. The van der Waals surface area contributed by atoms with E-state index in [0.717, 1.165) is 6.42 Å². The van der Waals surface area contributed by atoms with Crippen LogP contribution in [0.2, 0.25) is 0 Å². The van der Waals surface area contributed by atoms with Gasteiger partial charge in [0.2, 0.25) is 5.91 Å². The molecule has 2 saturated heterocycles. The van der Waals surface area contributed by atoms with Crippen molar-refractivity contribution in [2.75, 3.05) is 6.54 Å². The number of hydrogen-bond acceptors (Lipinski definition) is 7. The fourth-order valence-corrected chi connectivity index (χ4v) is 3.41. The summed E-state index contributed by atoms with van der Waals surface area (Å²) in [6.45, 7) is 0.464. The maximum absolute atomic E-state index is 13.0. The third-order valence-electron chi connectivity index (χ3n) is 4.75. The lowest BCUT2D eigenvalue weighted by atomic mass is 10.1. The number of ether oxygens (including phenoxy) is 1. The molecule has 2 fully saturated rings. The Labute approximate surface area is 150 Å². The molecule has 4 atom stereocenters. The van der Waals surface area contributed by atoms with Gasteiger partial charge >= 0.3 is 5.97 Å². The highest BCUT2D eigenvalue weighted by Gasteiger charge is 2.38. The summed E-state index contributed by atoms with van der Waals surface area (Å²) >= 11 is 0. The number of esters is 1. The molecular weight excluding hydrogens is 342 g/mol. The molecule has 10 heteroatoms. The summed E-state index contributed by atoms with van der Waals surface area (Å²) < 4.78 is 4.97. The predicted octanol–water partition coefficient (Wildman–Crippen LogP) is -1.59. The Bertz CT molecular complexity index is 662. The summed E-state index contributed by atoms with van der Waals surface area (Å²) in [5, 5.41) is 12.4. The first kappa shape index (κ1) is 18.3. The zero-order valence-corrected chi connectivity index (χ0v) is 14.3. The maximum atomic E-state index is 13.0. The molecule has 142 valence electrons. The number of likely N-dealkylation sites (tertiary alicyclic amines) is 1. The van der Waals surface area contributed by atoms with Crippen molar-refractivity contribution >= 4 is 17.8 Å². The SMILES string of the molecule is NC(O)C1CCCN1C(=O)C(Cc1cnc[nH]1)NC(=O)C1CCC(=O)O1. The lowest BCUT2D eigenvalue weighted by Gasteiger charge is -2.30. The summed E-state index contributed by atoms with van der Waals surface area (Å²) in [5.41, 5.74) is 6.26. The lowest BCUT2D eigenvalue weighted by molar-refractivity contribution is -0.149. The minimum Gasteiger partial charge on any atom is -0.452 e. The Morgan fingerprint density at radius 2 is 2.31 bits per heavy atom. The van der Waals surface area contributed by atoms with Gasteiger partial charge in [0.25, 0.3) is 5.91 Å². The average Bonchev–Trinajstić information content (AvgIpc) is 3.34. The lowest BCUT2D eigenvalue weighted by Crippen LogP contribution is -2.55. The number of hydrogen-bond donors (Lipinski definition) is 4. The van der Waals surface area contributed by atoms with E-state index in [9.17, 15) is 19.5 Å². The molecular formula is C16H23N5O5. The monoisotopic (exact) mass is 365 g/mol. The summed E-state index contributed by atoms with van der Waals surface area (Å²) in [5.74, 6) is -1.26. The molecule has 1 aromatic rings. The number of aliphatic hydroxyl groups excluding tert-OH is 1. The number of nitrogens with two attached hydrogens (primary N) is 1. The number of nitrogens with zero attached hydrogens (tertiary/aromatic N) is 2. The van der Waals surface area contributed by atoms with Gasteiger partial charge in [-0.05, 0) is 12.8 Å². The maximum Gasteiger partial charge on any atom is 0.306 e. The fraction of sp³-hybridized carbons (Fsp3) is 0.625. The molecule has 5 N–H and O–H groups in total. The van der Waals surface area contributed by atoms with Crippen LogP contribution in [0.4, 0.5) is 0 Å². The standard InChI is InChI=1S/C16H23N5O5/c17-14(23)11-2-1-5-21(11)16(25)10(6-9-7-18-8-19-9)20-15(24)12-3-4-13(22)26-12/h7-8,10-12,14,23H,1-6,17H2,(H,18,19)(H,20,24). The third-order valence-corrected chi connectivity index (χ3v) is 4.75. The van der Waals surface area contributed by atoms with Gasteiger partial charge in [0.1, 0.15) is 12.3 Å². The number of H-pyrrole nitrogens is 1. The first-order valence-electron chi connectivity index (χ1n) is 8.67. The Kier molecular flexibility index (Phi) is 5.52. The van der Waals surface area contributed by atoms with E-state index in [2.05, 4.69) is 15.3 Å². The van der Waals surface area contributed by atoms with Gasteiger partial charge in [-0.15, -0.1) is 0 Å². The molecule has 0 radical (unpaired) electrons. The Morgan fingerprint density at radius 3 is 2.92 bits per heavy atom. The molecule has 0 aromatic carbocycles. The van der Waals surface area contributed by atoms with Crippen molar-refractivity contribution < 1.29 is 24.2 Å². The van der Waals surface area contributed by atoms with Crippen molar-refractivity contribution in [3.8, 4) is 0 Å². The number of aromatic amines is 1. The van der Waals surface area contributed by atoms with E-state index in [0.29, 0.717) is 25.1 Å². The van der Waals surface area contributed by atoms with Crippen LogP contribution in [0.5, 0.6) is 0 Å². The fourth-order valence-electron chi connectivity index (χ4n) is 3.41. The third kappa shape index (κ3) is 4.02. The van der Waals surface area contributed by atoms with Gasteiger partial charge in [-0.25, -0.2) is 4.98 Å². The van der Waals surface area contributed by atoms with Gasteiger partial charge in [0.05, 0.1) is 12.4 Å². The number of imidazole rings is 1. The van der Waals surface area contributed by atoms with E-state index < -0.39 is 36.3 Å². The molecule has 1 aromatic heterocycles. The molecule has 3 rings (SSSR count). The molecule has 2 amide bonds. The second kappa shape index (κ2) is 7.83. The molecule has 4 unspecified atom stereocenters. The highest BCUT2D eigenvalue weighted by atomic mass is 16.6. The molecule has 26 heavy (non-hydrogen) atoms. The minimum atomic E-state index is -1.14. The van der Waals surface area contributed by atoms with Crippen molar-refractivity contribution in [2.45, 2.75) is 56.5 Å². The van der Waals surface area contributed by atoms with Crippen molar-refractivity contribution in [3.63, 3.8) is 0 Å². The Morgan fingerprint density at radius 1 is 1.50 bits per heavy atom. The van der Waals surface area contributed by atoms with Crippen LogP contribution in [-0.4, -0.2) is 68.7 Å². The van der Waals surface area contributed by atoms with Crippen LogP contribution in [0.15, 0.2) is 12.5 Å². The van der Waals surface area contributed by atoms with Crippen LogP contribution < -0.4 is 11.1 Å². The summed E-state index contributed by atoms with van der Waals surface area (Å²) in [6.07, 6.45) is 3.06. The topological polar surface area (TPSA) is 151 Å². The van der Waals surface area contributed by atoms with Crippen molar-refractivity contribution in [1.29, 1.82) is 0 Å². The second-order valence-electron chi connectivity index (χ2n) is 6.59. The van der Waals surface area contributed by atoms with Gasteiger partial charge in [0.15, 0.2) is 6.10 Å². The molecule has 2 aliphatic heterocycles. The van der Waals surface area contributed by atoms with Crippen LogP contribution >= 0.6 is 0 Å². The number of carbonyl (C=O) groups excluding carboxylic acids is 3. The van der Waals surface area contributed by atoms with E-state index in [1.54, 1.807) is 6.20 Å². The number of carbonyl (C=O) groups is 3. The highest BCUT2D eigenvalue weighted by Crippen LogP contribution is 2.21. The number of nitrogens with one attached hydrogen (secondary N) is 2. The summed E-state index contributed by atoms with van der Waals surface area (Å²) in [6, 6.07) is -1.35. The smallest absolute Gasteiger partial charge is 0.306 e. The van der Waals surface area contributed by atoms with E-state index in [-0.39, 0.29) is 18.7 Å². The molecule has 10 nitrogen and oxygen atoms in total. The molecule has 0 aliphatic carbocycles. The van der Waals surface area contributed by atoms with Gasteiger partial charge in [-0.1, -0.05) is 0 Å². The van der Waals surface area contributed by atoms with Crippen molar-refractivity contribution in [2.24, 2.45) is 5.73 Å².